The minimum atomic E-state index is -0.412. The second-order valence-electron chi connectivity index (χ2n) is 6.60. The highest BCUT2D eigenvalue weighted by Crippen LogP contribution is 2.34. The van der Waals surface area contributed by atoms with E-state index in [4.69, 9.17) is 23.7 Å². The van der Waals surface area contributed by atoms with Gasteiger partial charge in [0.25, 0.3) is 0 Å². The van der Waals surface area contributed by atoms with Gasteiger partial charge in [0.2, 0.25) is 0 Å². The molecule has 0 N–H and O–H groups in total. The largest absolute Gasteiger partial charge is 0.376 e. The van der Waals surface area contributed by atoms with Crippen LogP contribution in [0.1, 0.15) is 11.1 Å². The van der Waals surface area contributed by atoms with Crippen LogP contribution in [0, 0.1) is 0 Å². The van der Waals surface area contributed by atoms with Crippen molar-refractivity contribution in [1.82, 2.24) is 0 Å². The number of hydrogen-bond donors (Lipinski definition) is 0. The van der Waals surface area contributed by atoms with Crippen LogP contribution in [0.2, 0.25) is 0 Å². The van der Waals surface area contributed by atoms with Crippen LogP contribution in [0.4, 0.5) is 0 Å². The monoisotopic (exact) mass is 356 g/mol. The molecule has 5 nitrogen and oxygen atoms in total. The van der Waals surface area contributed by atoms with Gasteiger partial charge in [-0.15, -0.1) is 0 Å². The summed E-state index contributed by atoms with van der Waals surface area (Å²) in [6.07, 6.45) is -1.36. The van der Waals surface area contributed by atoms with Crippen molar-refractivity contribution >= 4 is 0 Å². The molecule has 5 heteroatoms. The molecule has 2 fully saturated rings. The number of methoxy groups -OCH3 is 1. The number of ether oxygens (including phenoxy) is 5. The molecule has 2 aromatic carbocycles. The molecule has 2 aliphatic rings. The molecule has 0 radical (unpaired) electrons. The number of rotatable bonds is 7. The summed E-state index contributed by atoms with van der Waals surface area (Å²) in [5.74, 6) is 0. The minimum Gasteiger partial charge on any atom is -0.376 e. The fraction of sp³-hybridized carbons (Fsp3) is 0.429. The maximum Gasteiger partial charge on any atom is 0.187 e. The Hall–Kier alpha value is -1.76. The molecule has 4 rings (SSSR count). The molecule has 2 bridgehead atoms. The van der Waals surface area contributed by atoms with E-state index in [1.165, 1.54) is 0 Å². The second-order valence-corrected chi connectivity index (χ2v) is 6.60. The molecular weight excluding hydrogens is 332 g/mol. The van der Waals surface area contributed by atoms with Gasteiger partial charge >= 0.3 is 0 Å². The Labute approximate surface area is 153 Å². The second kappa shape index (κ2) is 8.29. The van der Waals surface area contributed by atoms with Gasteiger partial charge < -0.3 is 23.7 Å². The van der Waals surface area contributed by atoms with Gasteiger partial charge in [-0.05, 0) is 11.1 Å². The highest BCUT2D eigenvalue weighted by atomic mass is 16.8. The summed E-state index contributed by atoms with van der Waals surface area (Å²) in [7, 11) is 1.69. The van der Waals surface area contributed by atoms with E-state index >= 15 is 0 Å². The summed E-state index contributed by atoms with van der Waals surface area (Å²) in [4.78, 5) is 0. The van der Waals surface area contributed by atoms with Gasteiger partial charge in [-0.25, -0.2) is 0 Å². The van der Waals surface area contributed by atoms with Gasteiger partial charge in [0, 0.05) is 7.11 Å². The fourth-order valence-electron chi connectivity index (χ4n) is 3.52. The molecule has 0 unspecified atom stereocenters. The number of fused-ring (bicyclic) bond motifs is 2. The molecule has 0 amide bonds. The maximum atomic E-state index is 6.17. The SMILES string of the molecule is CO[C@H]1[C@@H](OCc2ccccc2)[C@@H]2OC[C@@H](O2)[C@H]1OCc1ccccc1. The smallest absolute Gasteiger partial charge is 0.187 e. The van der Waals surface area contributed by atoms with Gasteiger partial charge in [-0.2, -0.15) is 0 Å². The third-order valence-electron chi connectivity index (χ3n) is 4.86. The van der Waals surface area contributed by atoms with Crippen molar-refractivity contribution in [2.75, 3.05) is 13.7 Å². The lowest BCUT2D eigenvalue weighted by Crippen LogP contribution is -2.56. The van der Waals surface area contributed by atoms with Crippen LogP contribution in [-0.4, -0.2) is 44.4 Å². The van der Waals surface area contributed by atoms with Crippen molar-refractivity contribution in [2.45, 2.75) is 43.9 Å². The molecule has 5 atom stereocenters. The molecular formula is C21H24O5. The summed E-state index contributed by atoms with van der Waals surface area (Å²) < 4.78 is 29.8. The Bertz CT molecular complexity index is 620. The predicted molar refractivity (Wildman–Crippen MR) is 95.4 cm³/mol. The van der Waals surface area contributed by atoms with Crippen LogP contribution in [0.15, 0.2) is 60.7 Å². The van der Waals surface area contributed by atoms with Gasteiger partial charge in [0.15, 0.2) is 6.29 Å². The van der Waals surface area contributed by atoms with Gasteiger partial charge in [0.05, 0.1) is 19.8 Å². The molecule has 2 heterocycles. The fourth-order valence-corrected chi connectivity index (χ4v) is 3.52. The van der Waals surface area contributed by atoms with Gasteiger partial charge in [-0.1, -0.05) is 60.7 Å². The van der Waals surface area contributed by atoms with Crippen molar-refractivity contribution < 1.29 is 23.7 Å². The minimum absolute atomic E-state index is 0.134. The molecule has 138 valence electrons. The molecule has 0 aromatic heterocycles. The molecule has 2 saturated heterocycles. The first-order valence-corrected chi connectivity index (χ1v) is 8.96. The summed E-state index contributed by atoms with van der Waals surface area (Å²) in [5.41, 5.74) is 2.22. The van der Waals surface area contributed by atoms with Gasteiger partial charge in [-0.3, -0.25) is 0 Å². The highest BCUT2D eigenvalue weighted by molar-refractivity contribution is 5.14. The van der Waals surface area contributed by atoms with Crippen molar-refractivity contribution in [2.24, 2.45) is 0 Å². The summed E-state index contributed by atoms with van der Waals surface area (Å²) in [6.45, 7) is 1.47. The molecule has 0 aliphatic carbocycles. The Morgan fingerprint density at radius 1 is 0.808 bits per heavy atom. The lowest BCUT2D eigenvalue weighted by molar-refractivity contribution is -0.261. The molecule has 2 aliphatic heterocycles. The standard InChI is InChI=1S/C21H24O5/c1-22-19-18(23-12-15-8-4-2-5-9-15)17-14-25-21(26-17)20(19)24-13-16-10-6-3-7-11-16/h2-11,17-21H,12-14H2,1H3/t17-,18-,19-,20-,21-/m1/s1. The van der Waals surface area contributed by atoms with Crippen molar-refractivity contribution in [1.29, 1.82) is 0 Å². The highest BCUT2D eigenvalue weighted by Gasteiger charge is 2.52. The first-order chi connectivity index (χ1) is 12.8. The van der Waals surface area contributed by atoms with Crippen LogP contribution in [-0.2, 0) is 36.9 Å². The van der Waals surface area contributed by atoms with E-state index in [9.17, 15) is 0 Å². The third-order valence-corrected chi connectivity index (χ3v) is 4.86. The quantitative estimate of drug-likeness (QED) is 0.763. The summed E-state index contributed by atoms with van der Waals surface area (Å²) in [6, 6.07) is 20.1. The Balaban J connectivity index is 1.44. The summed E-state index contributed by atoms with van der Waals surface area (Å²) >= 11 is 0. The van der Waals surface area contributed by atoms with Crippen molar-refractivity contribution in [3.05, 3.63) is 71.8 Å². The van der Waals surface area contributed by atoms with E-state index in [0.29, 0.717) is 19.8 Å². The average molecular weight is 356 g/mol. The number of hydrogen-bond acceptors (Lipinski definition) is 5. The average Bonchev–Trinajstić information content (AvgIpc) is 3.13. The Morgan fingerprint density at radius 3 is 1.96 bits per heavy atom. The zero-order valence-electron chi connectivity index (χ0n) is 14.8. The van der Waals surface area contributed by atoms with Crippen LogP contribution >= 0.6 is 0 Å². The van der Waals surface area contributed by atoms with Crippen molar-refractivity contribution in [3.63, 3.8) is 0 Å². The van der Waals surface area contributed by atoms with E-state index in [1.54, 1.807) is 7.11 Å². The van der Waals surface area contributed by atoms with Crippen LogP contribution in [0.3, 0.4) is 0 Å². The predicted octanol–water partition coefficient (Wildman–Crippen LogP) is 2.93. The van der Waals surface area contributed by atoms with Gasteiger partial charge in [0.1, 0.15) is 24.4 Å². The molecule has 0 spiro atoms. The van der Waals surface area contributed by atoms with E-state index < -0.39 is 6.29 Å². The van der Waals surface area contributed by atoms with E-state index in [0.717, 1.165) is 11.1 Å². The van der Waals surface area contributed by atoms with E-state index in [-0.39, 0.29) is 24.4 Å². The van der Waals surface area contributed by atoms with Crippen LogP contribution < -0.4 is 0 Å². The maximum absolute atomic E-state index is 6.17. The normalized spacial score (nSPS) is 30.4. The zero-order chi connectivity index (χ0) is 17.8. The lowest BCUT2D eigenvalue weighted by Gasteiger charge is -2.39. The Kier molecular flexibility index (Phi) is 5.62. The van der Waals surface area contributed by atoms with E-state index in [2.05, 4.69) is 0 Å². The zero-order valence-corrected chi connectivity index (χ0v) is 14.8. The first kappa shape index (κ1) is 17.6. The Morgan fingerprint density at radius 2 is 1.38 bits per heavy atom. The van der Waals surface area contributed by atoms with Crippen LogP contribution in [0.25, 0.3) is 0 Å². The molecule has 0 saturated carbocycles. The molecule has 2 aromatic rings. The van der Waals surface area contributed by atoms with E-state index in [1.807, 2.05) is 60.7 Å². The summed E-state index contributed by atoms with van der Waals surface area (Å²) in [5, 5.41) is 0. The lowest BCUT2D eigenvalue weighted by atomic mass is 10.00. The topological polar surface area (TPSA) is 46.2 Å². The third kappa shape index (κ3) is 3.82. The number of benzene rings is 2. The van der Waals surface area contributed by atoms with Crippen LogP contribution in [0.5, 0.6) is 0 Å². The molecule has 26 heavy (non-hydrogen) atoms. The first-order valence-electron chi connectivity index (χ1n) is 8.96. The van der Waals surface area contributed by atoms with Crippen molar-refractivity contribution in [3.8, 4) is 0 Å².